The predicted octanol–water partition coefficient (Wildman–Crippen LogP) is 3.00. The monoisotopic (exact) mass is 271 g/mol. The molecule has 1 fully saturated rings. The van der Waals surface area contributed by atoms with E-state index in [0.29, 0.717) is 5.92 Å². The quantitative estimate of drug-likeness (QED) is 0.480. The molecule has 2 rings (SSSR count). The Hall–Kier alpha value is -1.43. The van der Waals surface area contributed by atoms with E-state index in [9.17, 15) is 10.1 Å². The van der Waals surface area contributed by atoms with E-state index in [-0.39, 0.29) is 22.8 Å². The Bertz CT molecular complexity index is 455. The first-order valence-corrected chi connectivity index (χ1v) is 6.29. The number of hydrogen-bond donors (Lipinski definition) is 0. The molecule has 2 unspecified atom stereocenters. The minimum Gasteiger partial charge on any atom is -0.469 e. The standard InChI is InChI=1S/C11H14ClN3O3/c1-7-4-2-3-5-8(7)18-11-9(15(16)17)10(12)13-6-14-11/h6-8H,2-5H2,1H3. The first-order chi connectivity index (χ1) is 8.59. The molecule has 0 saturated heterocycles. The molecule has 1 aromatic rings. The van der Waals surface area contributed by atoms with E-state index in [2.05, 4.69) is 16.9 Å². The average molecular weight is 272 g/mol. The fourth-order valence-corrected chi connectivity index (χ4v) is 2.38. The fourth-order valence-electron chi connectivity index (χ4n) is 2.18. The Morgan fingerprint density at radius 1 is 1.44 bits per heavy atom. The van der Waals surface area contributed by atoms with E-state index in [1.54, 1.807) is 0 Å². The summed E-state index contributed by atoms with van der Waals surface area (Å²) in [4.78, 5) is 17.8. The van der Waals surface area contributed by atoms with Crippen LogP contribution in [0.15, 0.2) is 6.33 Å². The zero-order valence-electron chi connectivity index (χ0n) is 10.0. The van der Waals surface area contributed by atoms with Crippen LogP contribution < -0.4 is 4.74 Å². The maximum atomic E-state index is 10.9. The summed E-state index contributed by atoms with van der Waals surface area (Å²) in [6, 6.07) is 0. The zero-order chi connectivity index (χ0) is 13.1. The summed E-state index contributed by atoms with van der Waals surface area (Å²) in [6.07, 6.45) is 5.34. The lowest BCUT2D eigenvalue weighted by molar-refractivity contribution is -0.386. The SMILES string of the molecule is CC1CCCCC1Oc1ncnc(Cl)c1[N+](=O)[O-]. The highest BCUT2D eigenvalue weighted by Crippen LogP contribution is 2.34. The molecule has 98 valence electrons. The molecule has 1 aliphatic rings. The number of nitrogens with zero attached hydrogens (tertiary/aromatic N) is 3. The van der Waals surface area contributed by atoms with Gasteiger partial charge in [-0.25, -0.2) is 4.98 Å². The minimum absolute atomic E-state index is 0.0289. The van der Waals surface area contributed by atoms with Crippen molar-refractivity contribution in [3.8, 4) is 5.88 Å². The first-order valence-electron chi connectivity index (χ1n) is 5.91. The van der Waals surface area contributed by atoms with Crippen molar-refractivity contribution >= 4 is 17.3 Å². The van der Waals surface area contributed by atoms with Crippen molar-refractivity contribution < 1.29 is 9.66 Å². The lowest BCUT2D eigenvalue weighted by atomic mass is 9.88. The number of nitro groups is 1. The molecule has 1 aromatic heterocycles. The van der Waals surface area contributed by atoms with Crippen molar-refractivity contribution in [2.75, 3.05) is 0 Å². The molecule has 0 spiro atoms. The molecule has 1 saturated carbocycles. The van der Waals surface area contributed by atoms with Crippen LogP contribution in [0, 0.1) is 16.0 Å². The molecule has 0 N–H and O–H groups in total. The van der Waals surface area contributed by atoms with Crippen molar-refractivity contribution in [1.29, 1.82) is 0 Å². The number of halogens is 1. The first kappa shape index (κ1) is 13.0. The molecule has 0 amide bonds. The van der Waals surface area contributed by atoms with Gasteiger partial charge in [-0.1, -0.05) is 24.9 Å². The predicted molar refractivity (Wildman–Crippen MR) is 65.7 cm³/mol. The summed E-state index contributed by atoms with van der Waals surface area (Å²) in [6.45, 7) is 2.08. The minimum atomic E-state index is -0.606. The van der Waals surface area contributed by atoms with Crippen LogP contribution in [0.2, 0.25) is 5.15 Å². The number of rotatable bonds is 3. The second-order valence-electron chi connectivity index (χ2n) is 4.49. The van der Waals surface area contributed by atoms with Crippen molar-refractivity contribution in [1.82, 2.24) is 9.97 Å². The van der Waals surface area contributed by atoms with Gasteiger partial charge >= 0.3 is 5.69 Å². The van der Waals surface area contributed by atoms with Gasteiger partial charge in [-0.2, -0.15) is 4.98 Å². The van der Waals surface area contributed by atoms with E-state index in [1.807, 2.05) is 0 Å². The fraction of sp³-hybridized carbons (Fsp3) is 0.636. The summed E-state index contributed by atoms with van der Waals surface area (Å²) in [5, 5.41) is 10.7. The van der Waals surface area contributed by atoms with E-state index >= 15 is 0 Å². The Balaban J connectivity index is 2.23. The normalized spacial score (nSPS) is 23.7. The molecule has 2 atom stereocenters. The average Bonchev–Trinajstić information content (AvgIpc) is 2.31. The molecule has 1 heterocycles. The van der Waals surface area contributed by atoms with Crippen LogP contribution in [0.4, 0.5) is 5.69 Å². The highest BCUT2D eigenvalue weighted by molar-refractivity contribution is 6.31. The Morgan fingerprint density at radius 2 is 2.17 bits per heavy atom. The maximum absolute atomic E-state index is 10.9. The molecule has 0 aliphatic heterocycles. The molecule has 0 bridgehead atoms. The molecule has 18 heavy (non-hydrogen) atoms. The van der Waals surface area contributed by atoms with Gasteiger partial charge in [-0.3, -0.25) is 10.1 Å². The highest BCUT2D eigenvalue weighted by Gasteiger charge is 2.29. The second kappa shape index (κ2) is 5.48. The summed E-state index contributed by atoms with van der Waals surface area (Å²) < 4.78 is 5.66. The lowest BCUT2D eigenvalue weighted by Gasteiger charge is -2.28. The van der Waals surface area contributed by atoms with Crippen LogP contribution in [-0.4, -0.2) is 21.0 Å². The third-order valence-corrected chi connectivity index (χ3v) is 3.50. The van der Waals surface area contributed by atoms with Crippen molar-refractivity contribution in [2.24, 2.45) is 5.92 Å². The third kappa shape index (κ3) is 2.69. The molecule has 7 heteroatoms. The maximum Gasteiger partial charge on any atom is 0.367 e. The van der Waals surface area contributed by atoms with Gasteiger partial charge in [0.1, 0.15) is 12.4 Å². The molecular formula is C11H14ClN3O3. The molecule has 1 aliphatic carbocycles. The second-order valence-corrected chi connectivity index (χ2v) is 4.85. The van der Waals surface area contributed by atoms with E-state index in [4.69, 9.17) is 16.3 Å². The summed E-state index contributed by atoms with van der Waals surface area (Å²) in [7, 11) is 0. The van der Waals surface area contributed by atoms with Crippen LogP contribution in [0.25, 0.3) is 0 Å². The molecule has 6 nitrogen and oxygen atoms in total. The van der Waals surface area contributed by atoms with Gasteiger partial charge in [0.15, 0.2) is 0 Å². The number of ether oxygens (including phenoxy) is 1. The summed E-state index contributed by atoms with van der Waals surface area (Å²) in [5.41, 5.74) is -0.350. The van der Waals surface area contributed by atoms with Crippen molar-refractivity contribution in [3.05, 3.63) is 21.6 Å². The van der Waals surface area contributed by atoms with Crippen LogP contribution in [0.5, 0.6) is 5.88 Å². The molecule has 0 aromatic carbocycles. The van der Waals surface area contributed by atoms with Crippen molar-refractivity contribution in [3.63, 3.8) is 0 Å². The van der Waals surface area contributed by atoms with Crippen LogP contribution in [0.1, 0.15) is 32.6 Å². The van der Waals surface area contributed by atoms with E-state index in [0.717, 1.165) is 19.3 Å². The van der Waals surface area contributed by atoms with Gasteiger partial charge in [0.25, 0.3) is 5.88 Å². The Morgan fingerprint density at radius 3 is 2.83 bits per heavy atom. The van der Waals surface area contributed by atoms with Crippen LogP contribution in [-0.2, 0) is 0 Å². The lowest BCUT2D eigenvalue weighted by Crippen LogP contribution is -2.28. The van der Waals surface area contributed by atoms with Gasteiger partial charge < -0.3 is 4.74 Å². The van der Waals surface area contributed by atoms with Crippen molar-refractivity contribution in [2.45, 2.75) is 38.7 Å². The molecule has 0 radical (unpaired) electrons. The smallest absolute Gasteiger partial charge is 0.367 e. The topological polar surface area (TPSA) is 78.2 Å². The third-order valence-electron chi connectivity index (χ3n) is 3.22. The van der Waals surface area contributed by atoms with E-state index in [1.165, 1.54) is 12.7 Å². The van der Waals surface area contributed by atoms with Gasteiger partial charge in [0, 0.05) is 0 Å². The Labute approximate surface area is 109 Å². The number of aromatic nitrogens is 2. The van der Waals surface area contributed by atoms with Gasteiger partial charge in [0.05, 0.1) is 4.92 Å². The summed E-state index contributed by atoms with van der Waals surface area (Å²) >= 11 is 5.71. The van der Waals surface area contributed by atoms with Gasteiger partial charge in [-0.15, -0.1) is 0 Å². The van der Waals surface area contributed by atoms with Gasteiger partial charge in [0.2, 0.25) is 5.15 Å². The highest BCUT2D eigenvalue weighted by atomic mass is 35.5. The van der Waals surface area contributed by atoms with Crippen LogP contribution in [0.3, 0.4) is 0 Å². The van der Waals surface area contributed by atoms with E-state index < -0.39 is 4.92 Å². The van der Waals surface area contributed by atoms with Crippen LogP contribution >= 0.6 is 11.6 Å². The number of hydrogen-bond acceptors (Lipinski definition) is 5. The largest absolute Gasteiger partial charge is 0.469 e. The van der Waals surface area contributed by atoms with Gasteiger partial charge in [-0.05, 0) is 25.2 Å². The Kier molecular flexibility index (Phi) is 3.96. The zero-order valence-corrected chi connectivity index (χ0v) is 10.8. The summed E-state index contributed by atoms with van der Waals surface area (Å²) in [5.74, 6) is 0.339. The molecular weight excluding hydrogens is 258 g/mol.